The molecular formula is C14H17N3O2S2. The molecule has 0 aromatic carbocycles. The van der Waals surface area contributed by atoms with Crippen molar-refractivity contribution in [2.75, 3.05) is 6.54 Å². The molecule has 7 heteroatoms. The molecule has 0 unspecified atom stereocenters. The number of thiophene rings is 1. The van der Waals surface area contributed by atoms with E-state index in [1.807, 2.05) is 17.7 Å². The maximum atomic E-state index is 11.7. The number of carbonyl (C=O) groups excluding carboxylic acids is 2. The molecule has 2 heterocycles. The van der Waals surface area contributed by atoms with Crippen molar-refractivity contribution in [3.05, 3.63) is 38.5 Å². The highest BCUT2D eigenvalue weighted by molar-refractivity contribution is 7.09. The van der Waals surface area contributed by atoms with Crippen molar-refractivity contribution in [1.82, 2.24) is 15.6 Å². The molecule has 0 spiro atoms. The van der Waals surface area contributed by atoms with Crippen LogP contribution in [0.4, 0.5) is 0 Å². The Morgan fingerprint density at radius 2 is 2.14 bits per heavy atom. The van der Waals surface area contributed by atoms with Gasteiger partial charge in [0.2, 0.25) is 5.91 Å². The quantitative estimate of drug-likeness (QED) is 0.768. The highest BCUT2D eigenvalue weighted by Crippen LogP contribution is 2.08. The fraction of sp³-hybridized carbons (Fsp3) is 0.357. The maximum absolute atomic E-state index is 11.7. The van der Waals surface area contributed by atoms with Crippen LogP contribution in [0, 0.1) is 6.92 Å². The van der Waals surface area contributed by atoms with Crippen LogP contribution in [-0.4, -0.2) is 23.3 Å². The minimum atomic E-state index is -0.0880. The van der Waals surface area contributed by atoms with Crippen molar-refractivity contribution in [1.29, 1.82) is 0 Å². The minimum Gasteiger partial charge on any atom is -0.352 e. The van der Waals surface area contributed by atoms with Crippen molar-refractivity contribution < 1.29 is 9.59 Å². The molecule has 0 aliphatic rings. The van der Waals surface area contributed by atoms with Crippen LogP contribution in [0.25, 0.3) is 0 Å². The Balaban J connectivity index is 1.58. The highest BCUT2D eigenvalue weighted by atomic mass is 32.1. The lowest BCUT2D eigenvalue weighted by Crippen LogP contribution is -2.27. The molecule has 0 aliphatic heterocycles. The fourth-order valence-corrected chi connectivity index (χ4v) is 3.04. The van der Waals surface area contributed by atoms with Gasteiger partial charge >= 0.3 is 0 Å². The van der Waals surface area contributed by atoms with E-state index in [0.29, 0.717) is 31.5 Å². The van der Waals surface area contributed by atoms with Gasteiger partial charge < -0.3 is 10.6 Å². The smallest absolute Gasteiger partial charge is 0.252 e. The summed E-state index contributed by atoms with van der Waals surface area (Å²) in [4.78, 5) is 27.6. The molecule has 0 atom stereocenters. The number of carbonyl (C=O) groups is 2. The number of nitrogens with zero attached hydrogens (tertiary/aromatic N) is 1. The van der Waals surface area contributed by atoms with Gasteiger partial charge in [0.25, 0.3) is 5.91 Å². The molecule has 0 aliphatic carbocycles. The molecule has 2 N–H and O–H groups in total. The van der Waals surface area contributed by atoms with Crippen LogP contribution < -0.4 is 10.6 Å². The highest BCUT2D eigenvalue weighted by Gasteiger charge is 2.06. The number of aromatic nitrogens is 1. The molecule has 0 bridgehead atoms. The molecule has 2 rings (SSSR count). The maximum Gasteiger partial charge on any atom is 0.252 e. The van der Waals surface area contributed by atoms with Gasteiger partial charge in [0.05, 0.1) is 6.54 Å². The van der Waals surface area contributed by atoms with Crippen LogP contribution in [0.1, 0.15) is 33.9 Å². The largest absolute Gasteiger partial charge is 0.352 e. The van der Waals surface area contributed by atoms with Crippen LogP contribution in [0.3, 0.4) is 0 Å². The molecule has 0 saturated heterocycles. The first kappa shape index (κ1) is 15.7. The summed E-state index contributed by atoms with van der Waals surface area (Å²) in [6.07, 6.45) is 1.02. The molecule has 5 nitrogen and oxygen atoms in total. The predicted molar refractivity (Wildman–Crippen MR) is 84.6 cm³/mol. The monoisotopic (exact) mass is 323 g/mol. The van der Waals surface area contributed by atoms with Gasteiger partial charge in [-0.1, -0.05) is 0 Å². The van der Waals surface area contributed by atoms with E-state index >= 15 is 0 Å². The number of hydrogen-bond donors (Lipinski definition) is 2. The van der Waals surface area contributed by atoms with E-state index < -0.39 is 0 Å². The number of thiazole rings is 1. The molecule has 112 valence electrons. The first-order valence-electron chi connectivity index (χ1n) is 6.63. The first-order chi connectivity index (χ1) is 10.1. The van der Waals surface area contributed by atoms with E-state index in [1.165, 1.54) is 11.3 Å². The van der Waals surface area contributed by atoms with Crippen LogP contribution in [0.15, 0.2) is 22.2 Å². The minimum absolute atomic E-state index is 0.0207. The third kappa shape index (κ3) is 5.28. The Bertz CT molecular complexity index is 593. The summed E-state index contributed by atoms with van der Waals surface area (Å²) in [6, 6.07) is 1.78. The second kappa shape index (κ2) is 7.90. The third-order valence-electron chi connectivity index (χ3n) is 2.75. The van der Waals surface area contributed by atoms with Crippen molar-refractivity contribution in [3.8, 4) is 0 Å². The number of nitrogens with one attached hydrogen (secondary N) is 2. The van der Waals surface area contributed by atoms with Gasteiger partial charge in [0.15, 0.2) is 0 Å². The molecule has 0 fully saturated rings. The number of aryl methyl sites for hydroxylation is 1. The van der Waals surface area contributed by atoms with Crippen LogP contribution in [-0.2, 0) is 11.3 Å². The van der Waals surface area contributed by atoms with E-state index in [0.717, 1.165) is 10.7 Å². The Morgan fingerprint density at radius 3 is 2.81 bits per heavy atom. The summed E-state index contributed by atoms with van der Waals surface area (Å²) in [5.74, 6) is -0.109. The van der Waals surface area contributed by atoms with Crippen molar-refractivity contribution in [2.24, 2.45) is 0 Å². The summed E-state index contributed by atoms with van der Waals surface area (Å²) in [6.45, 7) is 2.90. The zero-order valence-corrected chi connectivity index (χ0v) is 13.4. The Morgan fingerprint density at radius 1 is 1.29 bits per heavy atom. The normalized spacial score (nSPS) is 10.3. The summed E-state index contributed by atoms with van der Waals surface area (Å²) in [5, 5.41) is 12.2. The summed E-state index contributed by atoms with van der Waals surface area (Å²) >= 11 is 3.03. The lowest BCUT2D eigenvalue weighted by atomic mass is 10.2. The van der Waals surface area contributed by atoms with E-state index in [1.54, 1.807) is 22.8 Å². The van der Waals surface area contributed by atoms with Gasteiger partial charge in [-0.2, -0.15) is 11.3 Å². The number of rotatable bonds is 7. The van der Waals surface area contributed by atoms with Crippen molar-refractivity contribution in [2.45, 2.75) is 26.3 Å². The molecule has 2 amide bonds. The lowest BCUT2D eigenvalue weighted by molar-refractivity contribution is -0.121. The van der Waals surface area contributed by atoms with E-state index in [2.05, 4.69) is 15.6 Å². The average Bonchev–Trinajstić information content (AvgIpc) is 3.12. The van der Waals surface area contributed by atoms with Gasteiger partial charge in [-0.3, -0.25) is 9.59 Å². The molecular weight excluding hydrogens is 306 g/mol. The molecule has 2 aromatic heterocycles. The van der Waals surface area contributed by atoms with Crippen LogP contribution >= 0.6 is 22.7 Å². The topological polar surface area (TPSA) is 71.1 Å². The Hall–Kier alpha value is -1.73. The van der Waals surface area contributed by atoms with E-state index in [4.69, 9.17) is 0 Å². The van der Waals surface area contributed by atoms with Gasteiger partial charge in [-0.15, -0.1) is 11.3 Å². The van der Waals surface area contributed by atoms with E-state index in [9.17, 15) is 9.59 Å². The number of hydrogen-bond acceptors (Lipinski definition) is 5. The first-order valence-corrected chi connectivity index (χ1v) is 8.45. The van der Waals surface area contributed by atoms with Crippen molar-refractivity contribution in [3.63, 3.8) is 0 Å². The molecule has 0 saturated carbocycles. The van der Waals surface area contributed by atoms with Crippen LogP contribution in [0.2, 0.25) is 0 Å². The van der Waals surface area contributed by atoms with Gasteiger partial charge in [0.1, 0.15) is 5.01 Å². The van der Waals surface area contributed by atoms with Gasteiger partial charge in [-0.05, 0) is 24.8 Å². The predicted octanol–water partition coefficient (Wildman–Crippen LogP) is 2.34. The Labute approximate surface area is 131 Å². The summed E-state index contributed by atoms with van der Waals surface area (Å²) < 4.78 is 0. The SMILES string of the molecule is Cc1csc(CNC(=O)CCCNC(=O)c2ccsc2)n1. The summed E-state index contributed by atoms with van der Waals surface area (Å²) in [5.41, 5.74) is 1.64. The number of amides is 2. The van der Waals surface area contributed by atoms with Crippen molar-refractivity contribution >= 4 is 34.5 Å². The summed E-state index contributed by atoms with van der Waals surface area (Å²) in [7, 11) is 0. The standard InChI is InChI=1S/C14H17N3O2S2/c1-10-8-21-13(17-10)7-16-12(18)3-2-5-15-14(19)11-4-6-20-9-11/h4,6,8-9H,2-3,5,7H2,1H3,(H,15,19)(H,16,18). The van der Waals surface area contributed by atoms with E-state index in [-0.39, 0.29) is 11.8 Å². The zero-order valence-electron chi connectivity index (χ0n) is 11.7. The molecule has 0 radical (unpaired) electrons. The molecule has 21 heavy (non-hydrogen) atoms. The zero-order chi connectivity index (χ0) is 15.1. The average molecular weight is 323 g/mol. The van der Waals surface area contributed by atoms with Gasteiger partial charge in [0, 0.05) is 35.0 Å². The second-order valence-corrected chi connectivity index (χ2v) is 6.25. The van der Waals surface area contributed by atoms with Gasteiger partial charge in [-0.25, -0.2) is 4.98 Å². The lowest BCUT2D eigenvalue weighted by Gasteiger charge is -2.05. The Kier molecular flexibility index (Phi) is 5.89. The van der Waals surface area contributed by atoms with Crippen LogP contribution in [0.5, 0.6) is 0 Å². The third-order valence-corrected chi connectivity index (χ3v) is 4.40. The molecule has 2 aromatic rings. The fourth-order valence-electron chi connectivity index (χ4n) is 1.69. The second-order valence-electron chi connectivity index (χ2n) is 4.53.